The first-order valence-corrected chi connectivity index (χ1v) is 13.6. The zero-order valence-electron chi connectivity index (χ0n) is 21.1. The number of rotatable bonds is 7. The van der Waals surface area contributed by atoms with Gasteiger partial charge in [0.1, 0.15) is 5.82 Å². The van der Waals surface area contributed by atoms with Gasteiger partial charge in [-0.1, -0.05) is 11.2 Å². The molecule has 8 heteroatoms. The summed E-state index contributed by atoms with van der Waals surface area (Å²) in [4.78, 5) is 15.1. The lowest BCUT2D eigenvalue weighted by molar-refractivity contribution is -0.121. The number of carbonyl (C=O) groups is 1. The average Bonchev–Trinajstić information content (AvgIpc) is 3.55. The van der Waals surface area contributed by atoms with Gasteiger partial charge in [0, 0.05) is 23.4 Å². The topological polar surface area (TPSA) is 76.8 Å². The molecule has 0 unspecified atom stereocenters. The highest BCUT2D eigenvalue weighted by Gasteiger charge is 2.27. The molecule has 2 fully saturated rings. The second kappa shape index (κ2) is 10.7. The van der Waals surface area contributed by atoms with Gasteiger partial charge in [0.05, 0.1) is 12.1 Å². The van der Waals surface area contributed by atoms with Gasteiger partial charge >= 0.3 is 0 Å². The van der Waals surface area contributed by atoms with Crippen molar-refractivity contribution in [2.24, 2.45) is 5.92 Å². The second-order valence-corrected chi connectivity index (χ2v) is 10.8. The van der Waals surface area contributed by atoms with E-state index in [1.807, 2.05) is 18.2 Å². The summed E-state index contributed by atoms with van der Waals surface area (Å²) in [6.07, 6.45) is 8.16. The van der Waals surface area contributed by atoms with Crippen LogP contribution in [0.15, 0.2) is 40.9 Å². The first kappa shape index (κ1) is 24.2. The number of carbonyl (C=O) groups excluding carboxylic acids is 1. The summed E-state index contributed by atoms with van der Waals surface area (Å²) in [6.45, 7) is 3.50. The Bertz CT molecular complexity index is 1250. The fraction of sp³-hybridized carbons (Fsp3) is 0.517. The number of amides is 1. The molecule has 6 rings (SSSR count). The van der Waals surface area contributed by atoms with Crippen LogP contribution in [-0.4, -0.2) is 48.4 Å². The van der Waals surface area contributed by atoms with Crippen LogP contribution < -0.4 is 14.8 Å². The summed E-state index contributed by atoms with van der Waals surface area (Å²) in [5.41, 5.74) is 2.47. The molecule has 2 aliphatic heterocycles. The molecule has 1 saturated carbocycles. The molecule has 1 saturated heterocycles. The van der Waals surface area contributed by atoms with Crippen LogP contribution in [0.25, 0.3) is 11.0 Å². The minimum Gasteiger partial charge on any atom is -0.454 e. The number of nitrogens with zero attached hydrogens (tertiary/aromatic N) is 2. The van der Waals surface area contributed by atoms with Crippen LogP contribution in [0, 0.1) is 11.7 Å². The van der Waals surface area contributed by atoms with Gasteiger partial charge in [-0.05, 0) is 100 Å². The summed E-state index contributed by atoms with van der Waals surface area (Å²) in [5, 5.41) is 8.45. The maximum Gasteiger partial charge on any atom is 0.231 e. The molecule has 1 amide bonds. The lowest BCUT2D eigenvalue weighted by Crippen LogP contribution is -2.39. The van der Waals surface area contributed by atoms with Crippen LogP contribution in [0.1, 0.15) is 62.1 Å². The number of aromatic nitrogens is 1. The van der Waals surface area contributed by atoms with Gasteiger partial charge in [-0.2, -0.15) is 0 Å². The minimum absolute atomic E-state index is 0.0789. The van der Waals surface area contributed by atoms with Crippen LogP contribution in [0.4, 0.5) is 4.39 Å². The van der Waals surface area contributed by atoms with Gasteiger partial charge in [-0.25, -0.2) is 4.39 Å². The molecule has 3 aliphatic rings. The Balaban J connectivity index is 0.900. The molecule has 0 radical (unpaired) electrons. The summed E-state index contributed by atoms with van der Waals surface area (Å²) < 4.78 is 29.6. The predicted molar refractivity (Wildman–Crippen MR) is 137 cm³/mol. The Hall–Kier alpha value is -3.13. The molecule has 0 spiro atoms. The van der Waals surface area contributed by atoms with Crippen molar-refractivity contribution in [1.82, 2.24) is 15.4 Å². The summed E-state index contributed by atoms with van der Waals surface area (Å²) in [5.74, 6) is 2.36. The SMILES string of the molecule is O=C(Cc1ccc2c(c1)OCO2)N[C@H]1CC[C@H](CCN2CCC(c3noc4cc(F)ccc34)CC2)CC1. The molecule has 196 valence electrons. The Morgan fingerprint density at radius 2 is 1.81 bits per heavy atom. The number of halogens is 1. The number of ether oxygens (including phenoxy) is 2. The zero-order chi connectivity index (χ0) is 25.2. The van der Waals surface area contributed by atoms with E-state index in [4.69, 9.17) is 14.0 Å². The fourth-order valence-electron chi connectivity index (χ4n) is 6.13. The van der Waals surface area contributed by atoms with Crippen molar-refractivity contribution in [3.63, 3.8) is 0 Å². The van der Waals surface area contributed by atoms with Crippen LogP contribution in [0.3, 0.4) is 0 Å². The van der Waals surface area contributed by atoms with Crippen molar-refractivity contribution in [1.29, 1.82) is 0 Å². The Kier molecular flexibility index (Phi) is 7.00. The van der Waals surface area contributed by atoms with Crippen molar-refractivity contribution in [3.8, 4) is 11.5 Å². The largest absolute Gasteiger partial charge is 0.454 e. The van der Waals surface area contributed by atoms with Gasteiger partial charge in [-0.3, -0.25) is 4.79 Å². The fourth-order valence-corrected chi connectivity index (χ4v) is 6.13. The standard InChI is InChI=1S/C29H34FN3O4/c30-22-4-7-24-26(17-22)37-32-29(24)21-10-13-33(14-11-21)12-9-19-1-5-23(6-2-19)31-28(34)16-20-3-8-25-27(15-20)36-18-35-25/h3-4,7-8,15,17,19,21,23H,1-2,5-6,9-14,16,18H2,(H,31,34)/t19-,23-. The van der Waals surface area contributed by atoms with E-state index in [1.165, 1.54) is 31.4 Å². The quantitative estimate of drug-likeness (QED) is 0.475. The molecule has 37 heavy (non-hydrogen) atoms. The number of nitrogens with one attached hydrogen (secondary N) is 1. The Labute approximate surface area is 216 Å². The molecule has 3 aromatic rings. The number of hydrogen-bond acceptors (Lipinski definition) is 6. The van der Waals surface area contributed by atoms with Gasteiger partial charge in [0.25, 0.3) is 0 Å². The Morgan fingerprint density at radius 3 is 2.65 bits per heavy atom. The van der Waals surface area contributed by atoms with Crippen LogP contribution in [0.2, 0.25) is 0 Å². The maximum atomic E-state index is 13.5. The van der Waals surface area contributed by atoms with Crippen molar-refractivity contribution in [2.75, 3.05) is 26.4 Å². The summed E-state index contributed by atoms with van der Waals surface area (Å²) in [7, 11) is 0. The normalized spacial score (nSPS) is 22.4. The molecule has 3 heterocycles. The molecule has 2 aromatic carbocycles. The average molecular weight is 508 g/mol. The monoisotopic (exact) mass is 507 g/mol. The molecular weight excluding hydrogens is 473 g/mol. The van der Waals surface area contributed by atoms with Gasteiger partial charge < -0.3 is 24.2 Å². The molecule has 1 N–H and O–H groups in total. The minimum atomic E-state index is -0.289. The first-order chi connectivity index (χ1) is 18.1. The molecule has 0 atom stereocenters. The van der Waals surface area contributed by atoms with Crippen LogP contribution >= 0.6 is 0 Å². The molecular formula is C29H34FN3O4. The predicted octanol–water partition coefficient (Wildman–Crippen LogP) is 5.18. The van der Waals surface area contributed by atoms with Crippen molar-refractivity contribution >= 4 is 16.9 Å². The molecule has 7 nitrogen and oxygen atoms in total. The third kappa shape index (κ3) is 5.59. The molecule has 1 aliphatic carbocycles. The number of benzene rings is 2. The van der Waals surface area contributed by atoms with E-state index < -0.39 is 0 Å². The highest BCUT2D eigenvalue weighted by molar-refractivity contribution is 5.80. The lowest BCUT2D eigenvalue weighted by Gasteiger charge is -2.34. The third-order valence-corrected chi connectivity index (χ3v) is 8.30. The van der Waals surface area contributed by atoms with E-state index in [0.717, 1.165) is 79.4 Å². The van der Waals surface area contributed by atoms with E-state index in [1.54, 1.807) is 6.07 Å². The van der Waals surface area contributed by atoms with Crippen LogP contribution in [-0.2, 0) is 11.2 Å². The smallest absolute Gasteiger partial charge is 0.231 e. The number of fused-ring (bicyclic) bond motifs is 2. The van der Waals surface area contributed by atoms with Gasteiger partial charge in [0.2, 0.25) is 12.7 Å². The van der Waals surface area contributed by atoms with E-state index in [0.29, 0.717) is 17.9 Å². The van der Waals surface area contributed by atoms with Crippen LogP contribution in [0.5, 0.6) is 11.5 Å². The van der Waals surface area contributed by atoms with Crippen molar-refractivity contribution < 1.29 is 23.2 Å². The Morgan fingerprint density at radius 1 is 1.00 bits per heavy atom. The first-order valence-electron chi connectivity index (χ1n) is 13.6. The highest BCUT2D eigenvalue weighted by atomic mass is 19.1. The third-order valence-electron chi connectivity index (χ3n) is 8.30. The zero-order valence-corrected chi connectivity index (χ0v) is 21.1. The number of likely N-dealkylation sites (tertiary alicyclic amines) is 1. The van der Waals surface area contributed by atoms with Gasteiger partial charge in [0.15, 0.2) is 17.1 Å². The summed E-state index contributed by atoms with van der Waals surface area (Å²) >= 11 is 0. The highest BCUT2D eigenvalue weighted by Crippen LogP contribution is 2.34. The van der Waals surface area contributed by atoms with E-state index in [-0.39, 0.29) is 24.6 Å². The van der Waals surface area contributed by atoms with Crippen molar-refractivity contribution in [3.05, 3.63) is 53.5 Å². The molecule has 0 bridgehead atoms. The van der Waals surface area contributed by atoms with Crippen molar-refractivity contribution in [2.45, 2.75) is 63.3 Å². The van der Waals surface area contributed by atoms with E-state index in [2.05, 4.69) is 15.4 Å². The lowest BCUT2D eigenvalue weighted by atomic mass is 9.83. The number of piperidine rings is 1. The number of hydrogen-bond donors (Lipinski definition) is 1. The van der Waals surface area contributed by atoms with Gasteiger partial charge in [-0.15, -0.1) is 0 Å². The van der Waals surface area contributed by atoms with E-state index in [9.17, 15) is 9.18 Å². The summed E-state index contributed by atoms with van der Waals surface area (Å²) in [6, 6.07) is 10.7. The van der Waals surface area contributed by atoms with E-state index >= 15 is 0 Å². The second-order valence-electron chi connectivity index (χ2n) is 10.8. The molecule has 1 aromatic heterocycles. The maximum absolute atomic E-state index is 13.5.